The Balaban J connectivity index is 2.20. The number of benzene rings is 2. The molecule has 0 aliphatic carbocycles. The number of nitriles is 1. The maximum Gasteiger partial charge on any atom is 0.354 e. The first-order valence-corrected chi connectivity index (χ1v) is 8.49. The van der Waals surface area contributed by atoms with Crippen LogP contribution in [0.2, 0.25) is 0 Å². The maximum atomic E-state index is 12.4. The highest BCUT2D eigenvalue weighted by Crippen LogP contribution is 2.35. The lowest BCUT2D eigenvalue weighted by Gasteiger charge is -2.10. The Bertz CT molecular complexity index is 975. The van der Waals surface area contributed by atoms with Gasteiger partial charge in [-0.2, -0.15) is 5.26 Å². The van der Waals surface area contributed by atoms with Crippen LogP contribution in [0.3, 0.4) is 0 Å². The minimum atomic E-state index is -0.344. The number of ether oxygens (including phenoxy) is 1. The van der Waals surface area contributed by atoms with Crippen LogP contribution in [-0.4, -0.2) is 17.1 Å². The topological polar surface area (TPSA) is 55.0 Å². The molecule has 4 heteroatoms. The summed E-state index contributed by atoms with van der Waals surface area (Å²) in [6.45, 7) is 4.17. The van der Waals surface area contributed by atoms with E-state index in [-0.39, 0.29) is 5.97 Å². The number of hydrogen-bond acceptors (Lipinski definition) is 3. The van der Waals surface area contributed by atoms with Crippen LogP contribution in [0, 0.1) is 18.3 Å². The Hall–Kier alpha value is -3.32. The zero-order chi connectivity index (χ0) is 18.7. The number of aromatic nitrogens is 1. The van der Waals surface area contributed by atoms with Crippen LogP contribution in [0.4, 0.5) is 0 Å². The normalized spacial score (nSPS) is 10.4. The Morgan fingerprint density at radius 2 is 1.69 bits per heavy atom. The van der Waals surface area contributed by atoms with Crippen molar-refractivity contribution in [1.82, 2.24) is 4.57 Å². The number of hydrogen-bond donors (Lipinski definition) is 0. The minimum Gasteiger partial charge on any atom is -0.461 e. The van der Waals surface area contributed by atoms with Crippen LogP contribution in [-0.2, 0) is 11.8 Å². The Kier molecular flexibility index (Phi) is 4.90. The Morgan fingerprint density at radius 3 is 2.27 bits per heavy atom. The van der Waals surface area contributed by atoms with E-state index in [1.165, 1.54) is 5.56 Å². The van der Waals surface area contributed by atoms with Gasteiger partial charge in [0.25, 0.3) is 0 Å². The van der Waals surface area contributed by atoms with Crippen LogP contribution in [0.1, 0.15) is 28.5 Å². The molecule has 0 unspecified atom stereocenters. The lowest BCUT2D eigenvalue weighted by atomic mass is 10.00. The quantitative estimate of drug-likeness (QED) is 0.644. The number of rotatable bonds is 4. The summed E-state index contributed by atoms with van der Waals surface area (Å²) in [4.78, 5) is 12.4. The van der Waals surface area contributed by atoms with E-state index in [0.29, 0.717) is 17.9 Å². The first-order chi connectivity index (χ1) is 12.5. The van der Waals surface area contributed by atoms with Gasteiger partial charge in [0.05, 0.1) is 23.9 Å². The monoisotopic (exact) mass is 344 g/mol. The largest absolute Gasteiger partial charge is 0.461 e. The van der Waals surface area contributed by atoms with Gasteiger partial charge in [0.15, 0.2) is 0 Å². The predicted molar refractivity (Wildman–Crippen MR) is 102 cm³/mol. The molecule has 4 nitrogen and oxygen atoms in total. The molecule has 3 rings (SSSR count). The highest BCUT2D eigenvalue weighted by Gasteiger charge is 2.20. The summed E-state index contributed by atoms with van der Waals surface area (Å²) >= 11 is 0. The number of esters is 1. The highest BCUT2D eigenvalue weighted by molar-refractivity contribution is 5.94. The summed E-state index contributed by atoms with van der Waals surface area (Å²) in [5.41, 5.74) is 6.13. The van der Waals surface area contributed by atoms with Gasteiger partial charge in [-0.3, -0.25) is 0 Å². The van der Waals surface area contributed by atoms with Gasteiger partial charge in [0, 0.05) is 12.6 Å². The number of carbonyl (C=O) groups is 1. The van der Waals surface area contributed by atoms with Crippen LogP contribution in [0.5, 0.6) is 0 Å². The molecule has 0 N–H and O–H groups in total. The maximum absolute atomic E-state index is 12.4. The molecule has 0 spiro atoms. The van der Waals surface area contributed by atoms with Gasteiger partial charge in [-0.15, -0.1) is 0 Å². The zero-order valence-electron chi connectivity index (χ0n) is 15.1. The van der Waals surface area contributed by atoms with Crippen LogP contribution in [0.25, 0.3) is 22.4 Å². The molecule has 0 fully saturated rings. The molecular weight excluding hydrogens is 324 g/mol. The number of aryl methyl sites for hydroxylation is 1. The van der Waals surface area contributed by atoms with Crippen molar-refractivity contribution in [3.05, 3.63) is 71.4 Å². The average Bonchev–Trinajstić information content (AvgIpc) is 3.00. The van der Waals surface area contributed by atoms with Crippen molar-refractivity contribution in [1.29, 1.82) is 5.26 Å². The molecule has 3 aromatic rings. The molecule has 26 heavy (non-hydrogen) atoms. The van der Waals surface area contributed by atoms with Crippen molar-refractivity contribution >= 4 is 5.97 Å². The fourth-order valence-electron chi connectivity index (χ4n) is 3.01. The van der Waals surface area contributed by atoms with E-state index >= 15 is 0 Å². The summed E-state index contributed by atoms with van der Waals surface area (Å²) in [7, 11) is 1.87. The summed E-state index contributed by atoms with van der Waals surface area (Å²) < 4.78 is 7.07. The van der Waals surface area contributed by atoms with E-state index in [9.17, 15) is 4.79 Å². The molecule has 1 aromatic heterocycles. The summed E-state index contributed by atoms with van der Waals surface area (Å²) in [6.07, 6.45) is 0. The molecule has 1 heterocycles. The van der Waals surface area contributed by atoms with E-state index in [1.54, 1.807) is 19.1 Å². The molecule has 0 atom stereocenters. The van der Waals surface area contributed by atoms with E-state index in [0.717, 1.165) is 22.4 Å². The first-order valence-electron chi connectivity index (χ1n) is 8.49. The molecule has 0 bridgehead atoms. The molecule has 0 aliphatic rings. The smallest absolute Gasteiger partial charge is 0.354 e. The molecule has 0 aliphatic heterocycles. The van der Waals surface area contributed by atoms with E-state index in [1.807, 2.05) is 48.9 Å². The third-order valence-corrected chi connectivity index (χ3v) is 4.37. The molecule has 2 aromatic carbocycles. The SMILES string of the molecule is CCOC(=O)c1cc(-c2ccc(C#N)cc2)c(-c2ccc(C)cc2)n1C. The first kappa shape index (κ1) is 17.5. The van der Waals surface area contributed by atoms with Crippen molar-refractivity contribution in [2.45, 2.75) is 13.8 Å². The van der Waals surface area contributed by atoms with Crippen molar-refractivity contribution in [3.8, 4) is 28.5 Å². The van der Waals surface area contributed by atoms with Gasteiger partial charge >= 0.3 is 5.97 Å². The Morgan fingerprint density at radius 1 is 1.08 bits per heavy atom. The lowest BCUT2D eigenvalue weighted by Crippen LogP contribution is -2.10. The number of nitrogens with zero attached hydrogens (tertiary/aromatic N) is 2. The van der Waals surface area contributed by atoms with Gasteiger partial charge in [-0.25, -0.2) is 4.79 Å². The minimum absolute atomic E-state index is 0.329. The van der Waals surface area contributed by atoms with Crippen molar-refractivity contribution in [2.75, 3.05) is 6.61 Å². The molecule has 130 valence electrons. The fraction of sp³-hybridized carbons (Fsp3) is 0.182. The van der Waals surface area contributed by atoms with Crippen LogP contribution >= 0.6 is 0 Å². The molecular formula is C22H20N2O2. The third kappa shape index (κ3) is 3.25. The lowest BCUT2D eigenvalue weighted by molar-refractivity contribution is 0.0515. The zero-order valence-corrected chi connectivity index (χ0v) is 15.1. The summed E-state index contributed by atoms with van der Waals surface area (Å²) in [6, 6.07) is 19.6. The van der Waals surface area contributed by atoms with Crippen molar-refractivity contribution < 1.29 is 9.53 Å². The molecule has 0 radical (unpaired) electrons. The van der Waals surface area contributed by atoms with E-state index in [2.05, 4.69) is 18.2 Å². The fourth-order valence-corrected chi connectivity index (χ4v) is 3.01. The number of carbonyl (C=O) groups excluding carboxylic acids is 1. The van der Waals surface area contributed by atoms with Crippen LogP contribution < -0.4 is 0 Å². The molecule has 0 amide bonds. The van der Waals surface area contributed by atoms with Gasteiger partial charge in [-0.05, 0) is 43.2 Å². The second-order valence-corrected chi connectivity index (χ2v) is 6.13. The van der Waals surface area contributed by atoms with E-state index in [4.69, 9.17) is 10.00 Å². The Labute approximate surface area is 153 Å². The predicted octanol–water partition coefficient (Wildman–Crippen LogP) is 4.72. The molecule has 0 saturated heterocycles. The van der Waals surface area contributed by atoms with Crippen LogP contribution in [0.15, 0.2) is 54.6 Å². The van der Waals surface area contributed by atoms with Gasteiger partial charge in [0.2, 0.25) is 0 Å². The third-order valence-electron chi connectivity index (χ3n) is 4.37. The summed E-state index contributed by atoms with van der Waals surface area (Å²) in [5.74, 6) is -0.344. The van der Waals surface area contributed by atoms with E-state index < -0.39 is 0 Å². The second kappa shape index (κ2) is 7.28. The summed E-state index contributed by atoms with van der Waals surface area (Å²) in [5, 5.41) is 9.02. The standard InChI is InChI=1S/C22H20N2O2/c1-4-26-22(25)20-13-19(17-11-7-16(14-23)8-12-17)21(24(20)3)18-9-5-15(2)6-10-18/h5-13H,4H2,1-3H3. The van der Waals surface area contributed by atoms with Gasteiger partial charge in [0.1, 0.15) is 5.69 Å². The molecule has 0 saturated carbocycles. The highest BCUT2D eigenvalue weighted by atomic mass is 16.5. The average molecular weight is 344 g/mol. The van der Waals surface area contributed by atoms with Crippen molar-refractivity contribution in [3.63, 3.8) is 0 Å². The van der Waals surface area contributed by atoms with Gasteiger partial charge in [-0.1, -0.05) is 42.0 Å². The second-order valence-electron chi connectivity index (χ2n) is 6.13. The van der Waals surface area contributed by atoms with Gasteiger partial charge < -0.3 is 9.30 Å². The van der Waals surface area contributed by atoms with Crippen molar-refractivity contribution in [2.24, 2.45) is 7.05 Å².